The van der Waals surface area contributed by atoms with Gasteiger partial charge in [-0.25, -0.2) is 17.4 Å². The zero-order chi connectivity index (χ0) is 18.3. The molecule has 3 heterocycles. The van der Waals surface area contributed by atoms with Gasteiger partial charge in [-0.3, -0.25) is 0 Å². The van der Waals surface area contributed by atoms with Crippen LogP contribution in [0.2, 0.25) is 0 Å². The van der Waals surface area contributed by atoms with Crippen molar-refractivity contribution < 1.29 is 13.1 Å². The molecule has 6 nitrogen and oxygen atoms in total. The highest BCUT2D eigenvalue weighted by Crippen LogP contribution is 2.30. The van der Waals surface area contributed by atoms with Crippen molar-refractivity contribution in [2.24, 2.45) is 0 Å². The van der Waals surface area contributed by atoms with Gasteiger partial charge in [-0.2, -0.15) is 4.73 Å². The third kappa shape index (κ3) is 2.53. The van der Waals surface area contributed by atoms with Gasteiger partial charge in [-0.05, 0) is 36.8 Å². The van der Waals surface area contributed by atoms with Crippen LogP contribution in [0.1, 0.15) is 5.56 Å². The van der Waals surface area contributed by atoms with Gasteiger partial charge in [-0.15, -0.1) is 0 Å². The van der Waals surface area contributed by atoms with Crippen molar-refractivity contribution in [1.29, 1.82) is 0 Å². The van der Waals surface area contributed by atoms with Gasteiger partial charge in [0.15, 0.2) is 11.8 Å². The van der Waals surface area contributed by atoms with Gasteiger partial charge >= 0.3 is 0 Å². The number of rotatable bonds is 3. The van der Waals surface area contributed by atoms with E-state index in [1.165, 1.54) is 30.7 Å². The van der Waals surface area contributed by atoms with E-state index in [1.807, 2.05) is 6.92 Å². The summed E-state index contributed by atoms with van der Waals surface area (Å²) in [4.78, 5) is 4.40. The van der Waals surface area contributed by atoms with Gasteiger partial charge in [0.05, 0.1) is 10.5 Å². The first-order chi connectivity index (χ1) is 12.5. The first-order valence-corrected chi connectivity index (χ1v) is 9.39. The van der Waals surface area contributed by atoms with Crippen LogP contribution in [-0.4, -0.2) is 17.4 Å². The molecule has 0 spiro atoms. The molecule has 4 aromatic rings. The molecule has 0 aliphatic heterocycles. The first-order valence-electron chi connectivity index (χ1n) is 7.95. The van der Waals surface area contributed by atoms with Gasteiger partial charge in [0.2, 0.25) is 5.69 Å². The molecule has 1 aromatic carbocycles. The first kappa shape index (κ1) is 16.3. The average molecular weight is 365 g/mol. The Morgan fingerprint density at radius 1 is 1.08 bits per heavy atom. The minimum absolute atomic E-state index is 0.161. The zero-order valence-corrected chi connectivity index (χ0v) is 14.7. The molecule has 4 rings (SSSR count). The lowest BCUT2D eigenvalue weighted by Gasteiger charge is -2.06. The molecule has 0 atom stereocenters. The highest BCUT2D eigenvalue weighted by Gasteiger charge is 2.24. The summed E-state index contributed by atoms with van der Waals surface area (Å²) in [5.41, 5.74) is 2.09. The molecule has 0 aliphatic carbocycles. The summed E-state index contributed by atoms with van der Waals surface area (Å²) in [5.74, 6) is 0. The molecule has 7 heteroatoms. The van der Waals surface area contributed by atoms with Crippen LogP contribution in [-0.2, 0) is 10.0 Å². The van der Waals surface area contributed by atoms with Crippen LogP contribution in [0.25, 0.3) is 22.3 Å². The van der Waals surface area contributed by atoms with Crippen LogP contribution in [0.4, 0.5) is 0 Å². The summed E-state index contributed by atoms with van der Waals surface area (Å²) in [5, 5.41) is 12.9. The van der Waals surface area contributed by atoms with Crippen LogP contribution in [0.3, 0.4) is 0 Å². The van der Waals surface area contributed by atoms with Crippen molar-refractivity contribution in [2.75, 3.05) is 0 Å². The van der Waals surface area contributed by atoms with Crippen LogP contribution in [0.5, 0.6) is 0 Å². The van der Waals surface area contributed by atoms with E-state index in [4.69, 9.17) is 0 Å². The van der Waals surface area contributed by atoms with E-state index in [1.54, 1.807) is 42.5 Å². The molecule has 0 N–H and O–H groups in total. The SMILES string of the molecule is Cc1cc[n+]([O-])c(-c2cn(S(=O)(=O)c3ccccc3)c3ncccc23)c1. The molecule has 0 amide bonds. The Morgan fingerprint density at radius 3 is 2.62 bits per heavy atom. The lowest BCUT2D eigenvalue weighted by Crippen LogP contribution is -2.28. The van der Waals surface area contributed by atoms with E-state index in [0.717, 1.165) is 14.3 Å². The van der Waals surface area contributed by atoms with Crippen molar-refractivity contribution in [3.63, 3.8) is 0 Å². The summed E-state index contributed by atoms with van der Waals surface area (Å²) < 4.78 is 28.0. The Hall–Kier alpha value is -3.19. The maximum atomic E-state index is 13.1. The Kier molecular flexibility index (Phi) is 3.73. The van der Waals surface area contributed by atoms with Crippen LogP contribution in [0.15, 0.2) is 78.1 Å². The topological polar surface area (TPSA) is 78.9 Å². The van der Waals surface area contributed by atoms with E-state index in [2.05, 4.69) is 4.98 Å². The van der Waals surface area contributed by atoms with E-state index in [9.17, 15) is 13.6 Å². The zero-order valence-electron chi connectivity index (χ0n) is 13.9. The number of hydrogen-bond acceptors (Lipinski definition) is 4. The number of fused-ring (bicyclic) bond motifs is 1. The molecule has 0 aliphatic rings. The van der Waals surface area contributed by atoms with E-state index < -0.39 is 10.0 Å². The summed E-state index contributed by atoms with van der Waals surface area (Å²) in [7, 11) is -3.83. The second-order valence-electron chi connectivity index (χ2n) is 5.95. The number of aromatic nitrogens is 3. The summed E-state index contributed by atoms with van der Waals surface area (Å²) in [6, 6.07) is 15.1. The molecule has 0 unspecified atom stereocenters. The molecule has 26 heavy (non-hydrogen) atoms. The third-order valence-electron chi connectivity index (χ3n) is 4.18. The Morgan fingerprint density at radius 2 is 1.85 bits per heavy atom. The van der Waals surface area contributed by atoms with Crippen molar-refractivity contribution in [3.8, 4) is 11.3 Å². The minimum Gasteiger partial charge on any atom is -0.618 e. The molecular formula is C19H15N3O3S. The molecule has 130 valence electrons. The Balaban J connectivity index is 2.04. The monoisotopic (exact) mass is 365 g/mol. The van der Waals surface area contributed by atoms with E-state index in [-0.39, 0.29) is 10.5 Å². The van der Waals surface area contributed by atoms with Crippen molar-refractivity contribution in [1.82, 2.24) is 8.96 Å². The van der Waals surface area contributed by atoms with Crippen molar-refractivity contribution >= 4 is 21.1 Å². The normalized spacial score (nSPS) is 11.7. The number of hydrogen-bond donors (Lipinski definition) is 0. The number of aryl methyl sites for hydroxylation is 1. The van der Waals surface area contributed by atoms with E-state index in [0.29, 0.717) is 16.6 Å². The molecule has 0 saturated heterocycles. The summed E-state index contributed by atoms with van der Waals surface area (Å²) in [6.07, 6.45) is 4.41. The maximum Gasteiger partial charge on any atom is 0.269 e. The fourth-order valence-corrected chi connectivity index (χ4v) is 4.26. The smallest absolute Gasteiger partial charge is 0.269 e. The molecule has 0 fully saturated rings. The van der Waals surface area contributed by atoms with E-state index >= 15 is 0 Å². The van der Waals surface area contributed by atoms with Gasteiger partial charge in [-0.1, -0.05) is 18.2 Å². The summed E-state index contributed by atoms with van der Waals surface area (Å²) in [6.45, 7) is 1.88. The fraction of sp³-hybridized carbons (Fsp3) is 0.0526. The standard InChI is InChI=1S/C19H15N3O3S/c1-14-9-11-21(23)18(12-14)17-13-22(19-16(17)8-5-10-20-19)26(24,25)15-6-3-2-4-7-15/h2-13H,1H3. The molecular weight excluding hydrogens is 350 g/mol. The van der Waals surface area contributed by atoms with Gasteiger partial charge in [0.1, 0.15) is 0 Å². The van der Waals surface area contributed by atoms with Crippen LogP contribution < -0.4 is 4.73 Å². The van der Waals surface area contributed by atoms with Gasteiger partial charge < -0.3 is 5.21 Å². The highest BCUT2D eigenvalue weighted by molar-refractivity contribution is 7.90. The lowest BCUT2D eigenvalue weighted by atomic mass is 10.1. The predicted molar refractivity (Wildman–Crippen MR) is 97.9 cm³/mol. The number of nitrogens with zero attached hydrogens (tertiary/aromatic N) is 3. The van der Waals surface area contributed by atoms with Crippen molar-refractivity contribution in [2.45, 2.75) is 11.8 Å². The molecule has 0 bridgehead atoms. The number of benzene rings is 1. The van der Waals surface area contributed by atoms with Gasteiger partial charge in [0, 0.05) is 29.9 Å². The second kappa shape index (κ2) is 5.96. The third-order valence-corrected chi connectivity index (χ3v) is 5.85. The lowest BCUT2D eigenvalue weighted by molar-refractivity contribution is -0.593. The molecule has 0 radical (unpaired) electrons. The van der Waals surface area contributed by atoms with Crippen LogP contribution in [0, 0.1) is 12.1 Å². The maximum absolute atomic E-state index is 13.1. The fourth-order valence-electron chi connectivity index (χ4n) is 2.91. The minimum atomic E-state index is -3.83. The molecule has 3 aromatic heterocycles. The Bertz CT molecular complexity index is 1220. The largest absolute Gasteiger partial charge is 0.618 e. The number of pyridine rings is 2. The Labute approximate surface area is 150 Å². The van der Waals surface area contributed by atoms with Crippen molar-refractivity contribution in [3.05, 3.63) is 84.0 Å². The van der Waals surface area contributed by atoms with Crippen LogP contribution >= 0.6 is 0 Å². The second-order valence-corrected chi connectivity index (χ2v) is 7.76. The average Bonchev–Trinajstić information content (AvgIpc) is 3.05. The summed E-state index contributed by atoms with van der Waals surface area (Å²) >= 11 is 0. The molecule has 0 saturated carbocycles. The predicted octanol–water partition coefficient (Wildman–Crippen LogP) is 2.88. The van der Waals surface area contributed by atoms with Gasteiger partial charge in [0.25, 0.3) is 10.0 Å². The quantitative estimate of drug-likeness (QED) is 0.413. The highest BCUT2D eigenvalue weighted by atomic mass is 32.2.